The summed E-state index contributed by atoms with van der Waals surface area (Å²) in [5, 5.41) is 8.19. The molecule has 0 saturated heterocycles. The summed E-state index contributed by atoms with van der Waals surface area (Å²) in [5.74, 6) is -0.455. The average molecular weight is 186 g/mol. The van der Waals surface area contributed by atoms with E-state index in [9.17, 15) is 4.79 Å². The lowest BCUT2D eigenvalue weighted by Crippen LogP contribution is -2.08. The predicted octanol–water partition coefficient (Wildman–Crippen LogP) is 0.469. The van der Waals surface area contributed by atoms with Crippen LogP contribution in [0.3, 0.4) is 0 Å². The maximum atomic E-state index is 10.5. The molecule has 0 bridgehead atoms. The van der Waals surface area contributed by atoms with E-state index in [4.69, 9.17) is 9.90 Å². The summed E-state index contributed by atoms with van der Waals surface area (Å²) in [7, 11) is 0. The van der Waals surface area contributed by atoms with Crippen LogP contribution in [0.25, 0.3) is 0 Å². The number of aldehydes is 1. The maximum Gasteiger partial charge on any atom is 0.333 e. The molecule has 0 fully saturated rings. The van der Waals surface area contributed by atoms with Gasteiger partial charge in [0, 0.05) is 5.57 Å². The summed E-state index contributed by atoms with van der Waals surface area (Å²) >= 11 is 0. The van der Waals surface area contributed by atoms with Crippen LogP contribution in [-0.4, -0.2) is 30.6 Å². The standard InChI is InChI=1S/C6H10O3.C3H4O/c1-5(2)6(8)9-4-3-7;1-2-3-4/h7H,1,3-4H2,2H3;2-3H,1H2. The molecule has 0 aromatic carbocycles. The number of rotatable bonds is 4. The first kappa shape index (κ1) is 14.1. The molecular formula is C9H14O4. The molecule has 0 unspecified atom stereocenters. The molecule has 4 nitrogen and oxygen atoms in total. The van der Waals surface area contributed by atoms with Gasteiger partial charge >= 0.3 is 5.97 Å². The van der Waals surface area contributed by atoms with Gasteiger partial charge in [-0.2, -0.15) is 0 Å². The molecule has 0 radical (unpaired) electrons. The highest BCUT2D eigenvalue weighted by Crippen LogP contribution is 1.89. The van der Waals surface area contributed by atoms with Crippen molar-refractivity contribution >= 4 is 12.3 Å². The van der Waals surface area contributed by atoms with Crippen molar-refractivity contribution in [3.63, 3.8) is 0 Å². The summed E-state index contributed by atoms with van der Waals surface area (Å²) in [6.07, 6.45) is 1.83. The first-order chi connectivity index (χ1) is 6.09. The van der Waals surface area contributed by atoms with Crippen molar-refractivity contribution in [2.75, 3.05) is 13.2 Å². The Hall–Kier alpha value is -1.42. The number of ether oxygens (including phenoxy) is 1. The van der Waals surface area contributed by atoms with E-state index in [1.54, 1.807) is 6.92 Å². The molecule has 0 aliphatic carbocycles. The minimum Gasteiger partial charge on any atom is -0.460 e. The van der Waals surface area contributed by atoms with Gasteiger partial charge in [-0.25, -0.2) is 4.79 Å². The quantitative estimate of drug-likeness (QED) is 0.394. The number of allylic oxidation sites excluding steroid dienone is 1. The van der Waals surface area contributed by atoms with Gasteiger partial charge in [0.1, 0.15) is 12.9 Å². The third kappa shape index (κ3) is 13.6. The molecule has 0 aliphatic heterocycles. The lowest BCUT2D eigenvalue weighted by atomic mass is 10.4. The third-order valence-electron chi connectivity index (χ3n) is 0.769. The Labute approximate surface area is 77.5 Å². The summed E-state index contributed by atoms with van der Waals surface area (Å²) in [6.45, 7) is 7.93. The lowest BCUT2D eigenvalue weighted by molar-refractivity contribution is -0.139. The van der Waals surface area contributed by atoms with Crippen LogP contribution in [-0.2, 0) is 14.3 Å². The van der Waals surface area contributed by atoms with Gasteiger partial charge in [0.05, 0.1) is 6.61 Å². The minimum absolute atomic E-state index is 0.0473. The normalized spacial score (nSPS) is 7.54. The Morgan fingerprint density at radius 2 is 2.08 bits per heavy atom. The van der Waals surface area contributed by atoms with Gasteiger partial charge in [-0.05, 0) is 13.0 Å². The Morgan fingerprint density at radius 1 is 1.62 bits per heavy atom. The fraction of sp³-hybridized carbons (Fsp3) is 0.333. The zero-order valence-corrected chi connectivity index (χ0v) is 7.66. The second-order valence-corrected chi connectivity index (χ2v) is 2.01. The molecule has 74 valence electrons. The highest BCUT2D eigenvalue weighted by atomic mass is 16.5. The largest absolute Gasteiger partial charge is 0.460 e. The number of carbonyl (C=O) groups excluding carboxylic acids is 2. The van der Waals surface area contributed by atoms with Gasteiger partial charge in [-0.15, -0.1) is 0 Å². The van der Waals surface area contributed by atoms with Crippen LogP contribution < -0.4 is 0 Å². The summed E-state index contributed by atoms with van der Waals surface area (Å²) in [5.41, 5.74) is 0.350. The van der Waals surface area contributed by atoms with E-state index in [1.165, 1.54) is 6.08 Å². The molecule has 0 spiro atoms. The minimum atomic E-state index is -0.455. The van der Waals surface area contributed by atoms with Crippen molar-refractivity contribution in [2.45, 2.75) is 6.92 Å². The van der Waals surface area contributed by atoms with Crippen molar-refractivity contribution in [3.05, 3.63) is 24.8 Å². The molecule has 0 aromatic rings. The van der Waals surface area contributed by atoms with Crippen LogP contribution in [0.5, 0.6) is 0 Å². The van der Waals surface area contributed by atoms with E-state index in [-0.39, 0.29) is 13.2 Å². The molecule has 13 heavy (non-hydrogen) atoms. The fourth-order valence-corrected chi connectivity index (χ4v) is 0.262. The molecular weight excluding hydrogens is 172 g/mol. The van der Waals surface area contributed by atoms with Gasteiger partial charge in [0.2, 0.25) is 0 Å². The molecule has 0 amide bonds. The Morgan fingerprint density at radius 3 is 2.31 bits per heavy atom. The zero-order valence-electron chi connectivity index (χ0n) is 7.66. The average Bonchev–Trinajstić information content (AvgIpc) is 2.14. The summed E-state index contributed by atoms with van der Waals surface area (Å²) in [4.78, 5) is 19.5. The summed E-state index contributed by atoms with van der Waals surface area (Å²) < 4.78 is 4.46. The fourth-order valence-electron chi connectivity index (χ4n) is 0.262. The van der Waals surface area contributed by atoms with Crippen LogP contribution in [0.4, 0.5) is 0 Å². The molecule has 0 aromatic heterocycles. The van der Waals surface area contributed by atoms with Crippen LogP contribution in [0.2, 0.25) is 0 Å². The van der Waals surface area contributed by atoms with E-state index in [0.29, 0.717) is 11.9 Å². The van der Waals surface area contributed by atoms with Crippen molar-refractivity contribution in [2.24, 2.45) is 0 Å². The molecule has 0 aliphatic rings. The SMILES string of the molecule is C=C(C)C(=O)OCCO.C=CC=O. The van der Waals surface area contributed by atoms with Gasteiger partial charge < -0.3 is 9.84 Å². The molecule has 1 N–H and O–H groups in total. The first-order valence-corrected chi connectivity index (χ1v) is 3.59. The lowest BCUT2D eigenvalue weighted by Gasteiger charge is -1.99. The summed E-state index contributed by atoms with van der Waals surface area (Å²) in [6, 6.07) is 0. The van der Waals surface area contributed by atoms with E-state index in [1.807, 2.05) is 0 Å². The van der Waals surface area contributed by atoms with Gasteiger partial charge in [-0.1, -0.05) is 13.2 Å². The van der Waals surface area contributed by atoms with Crippen LogP contribution in [0.15, 0.2) is 24.8 Å². The number of hydrogen-bond donors (Lipinski definition) is 1. The van der Waals surface area contributed by atoms with E-state index in [0.717, 1.165) is 0 Å². The molecule has 0 heterocycles. The van der Waals surface area contributed by atoms with E-state index >= 15 is 0 Å². The predicted molar refractivity (Wildman–Crippen MR) is 49.1 cm³/mol. The van der Waals surface area contributed by atoms with Gasteiger partial charge in [0.25, 0.3) is 0 Å². The topological polar surface area (TPSA) is 63.6 Å². The smallest absolute Gasteiger partial charge is 0.333 e. The van der Waals surface area contributed by atoms with Crippen LogP contribution >= 0.6 is 0 Å². The molecule has 4 heteroatoms. The van der Waals surface area contributed by atoms with Crippen LogP contribution in [0, 0.1) is 0 Å². The number of aliphatic hydroxyl groups is 1. The Balaban J connectivity index is 0. The zero-order chi connectivity index (χ0) is 10.7. The van der Waals surface area contributed by atoms with Crippen LogP contribution in [0.1, 0.15) is 6.92 Å². The Bertz CT molecular complexity index is 178. The van der Waals surface area contributed by atoms with E-state index in [2.05, 4.69) is 17.9 Å². The number of hydrogen-bond acceptors (Lipinski definition) is 4. The monoisotopic (exact) mass is 186 g/mol. The first-order valence-electron chi connectivity index (χ1n) is 3.59. The Kier molecular flexibility index (Phi) is 11.5. The number of aliphatic hydroxyl groups excluding tert-OH is 1. The highest BCUT2D eigenvalue weighted by Gasteiger charge is 1.99. The number of esters is 1. The van der Waals surface area contributed by atoms with Crippen molar-refractivity contribution in [1.82, 2.24) is 0 Å². The molecule has 0 atom stereocenters. The van der Waals surface area contributed by atoms with Gasteiger partial charge in [0.15, 0.2) is 0 Å². The second-order valence-electron chi connectivity index (χ2n) is 2.01. The highest BCUT2D eigenvalue weighted by molar-refractivity contribution is 5.86. The van der Waals surface area contributed by atoms with Crippen molar-refractivity contribution in [3.8, 4) is 0 Å². The molecule has 0 saturated carbocycles. The van der Waals surface area contributed by atoms with E-state index < -0.39 is 5.97 Å². The van der Waals surface area contributed by atoms with Crippen molar-refractivity contribution < 1.29 is 19.4 Å². The number of carbonyl (C=O) groups is 2. The van der Waals surface area contributed by atoms with Gasteiger partial charge in [-0.3, -0.25) is 4.79 Å². The second kappa shape index (κ2) is 10.6. The maximum absolute atomic E-state index is 10.5. The molecule has 0 rings (SSSR count). The van der Waals surface area contributed by atoms with Crippen molar-refractivity contribution in [1.29, 1.82) is 0 Å². The third-order valence-corrected chi connectivity index (χ3v) is 0.769.